The fourth-order valence-corrected chi connectivity index (χ4v) is 2.66. The highest BCUT2D eigenvalue weighted by atomic mass is 35.5. The van der Waals surface area contributed by atoms with E-state index in [0.29, 0.717) is 0 Å². The van der Waals surface area contributed by atoms with E-state index < -0.39 is 5.82 Å². The van der Waals surface area contributed by atoms with Crippen LogP contribution in [0.5, 0.6) is 0 Å². The number of hydrogen-bond acceptors (Lipinski definition) is 2. The van der Waals surface area contributed by atoms with Crippen LogP contribution in [0.25, 0.3) is 0 Å². The van der Waals surface area contributed by atoms with Gasteiger partial charge in [0.1, 0.15) is 5.82 Å². The summed E-state index contributed by atoms with van der Waals surface area (Å²) in [7, 11) is 0. The van der Waals surface area contributed by atoms with Crippen LogP contribution in [0, 0.1) is 5.82 Å². The van der Waals surface area contributed by atoms with Gasteiger partial charge < -0.3 is 10.0 Å². The van der Waals surface area contributed by atoms with Crippen LogP contribution < -0.4 is 4.90 Å². The fourth-order valence-electron chi connectivity index (χ4n) is 2.49. The molecule has 2 unspecified atom stereocenters. The van der Waals surface area contributed by atoms with Gasteiger partial charge >= 0.3 is 0 Å². The van der Waals surface area contributed by atoms with Crippen LogP contribution in [0.15, 0.2) is 48.5 Å². The highest BCUT2D eigenvalue weighted by Gasteiger charge is 2.22. The van der Waals surface area contributed by atoms with E-state index in [9.17, 15) is 9.50 Å². The van der Waals surface area contributed by atoms with Gasteiger partial charge in [-0.25, -0.2) is 4.39 Å². The van der Waals surface area contributed by atoms with Crippen molar-refractivity contribution < 1.29 is 9.50 Å². The summed E-state index contributed by atoms with van der Waals surface area (Å²) in [5.74, 6) is -0.440. The van der Waals surface area contributed by atoms with Gasteiger partial charge in [-0.1, -0.05) is 41.9 Å². The van der Waals surface area contributed by atoms with E-state index in [4.69, 9.17) is 11.6 Å². The van der Waals surface area contributed by atoms with Crippen molar-refractivity contribution in [2.75, 3.05) is 11.5 Å². The smallest absolute Gasteiger partial charge is 0.141 e. The monoisotopic (exact) mass is 307 g/mol. The first-order valence-corrected chi connectivity index (χ1v) is 7.31. The Hall–Kier alpha value is -1.58. The van der Waals surface area contributed by atoms with Crippen LogP contribution in [-0.2, 0) is 0 Å². The third-order valence-corrected chi connectivity index (χ3v) is 3.93. The summed E-state index contributed by atoms with van der Waals surface area (Å²) in [4.78, 5) is 2.04. The number of anilines is 1. The zero-order chi connectivity index (χ0) is 15.4. The second-order valence-electron chi connectivity index (χ2n) is 5.12. The second kappa shape index (κ2) is 6.92. The van der Waals surface area contributed by atoms with Crippen molar-refractivity contribution in [3.63, 3.8) is 0 Å². The summed E-state index contributed by atoms with van der Waals surface area (Å²) in [5, 5.41) is 9.62. The highest BCUT2D eigenvalue weighted by molar-refractivity contribution is 6.31. The average molecular weight is 308 g/mol. The van der Waals surface area contributed by atoms with Crippen LogP contribution in [0.4, 0.5) is 10.1 Å². The summed E-state index contributed by atoms with van der Waals surface area (Å²) in [6.45, 7) is 3.99. The molecular weight excluding hydrogens is 289 g/mol. The lowest BCUT2D eigenvalue weighted by Gasteiger charge is -2.36. The summed E-state index contributed by atoms with van der Waals surface area (Å²) >= 11 is 5.89. The molecule has 0 bridgehead atoms. The summed E-state index contributed by atoms with van der Waals surface area (Å²) in [6.07, 6.45) is 0. The molecule has 2 nitrogen and oxygen atoms in total. The molecule has 2 aromatic carbocycles. The summed E-state index contributed by atoms with van der Waals surface area (Å²) < 4.78 is 13.4. The Balaban J connectivity index is 2.41. The van der Waals surface area contributed by atoms with Crippen molar-refractivity contribution in [3.8, 4) is 0 Å². The van der Waals surface area contributed by atoms with Gasteiger partial charge in [-0.15, -0.1) is 0 Å². The second-order valence-corrected chi connectivity index (χ2v) is 5.53. The van der Waals surface area contributed by atoms with Crippen LogP contribution in [-0.4, -0.2) is 17.8 Å². The van der Waals surface area contributed by atoms with Crippen molar-refractivity contribution in [1.29, 1.82) is 0 Å². The zero-order valence-electron chi connectivity index (χ0n) is 12.1. The van der Waals surface area contributed by atoms with E-state index in [-0.39, 0.29) is 23.7 Å². The van der Waals surface area contributed by atoms with Gasteiger partial charge in [0, 0.05) is 11.7 Å². The zero-order valence-corrected chi connectivity index (χ0v) is 12.9. The normalized spacial score (nSPS) is 13.8. The molecule has 2 rings (SSSR count). The van der Waals surface area contributed by atoms with Crippen LogP contribution in [0.3, 0.4) is 0 Å². The first-order chi connectivity index (χ1) is 10.0. The number of halogens is 2. The molecule has 0 amide bonds. The van der Waals surface area contributed by atoms with Gasteiger partial charge in [-0.2, -0.15) is 0 Å². The minimum absolute atomic E-state index is 0.00612. The molecule has 0 aromatic heterocycles. The van der Waals surface area contributed by atoms with E-state index in [2.05, 4.69) is 6.92 Å². The van der Waals surface area contributed by atoms with E-state index in [1.165, 1.54) is 6.07 Å². The SMILES string of the molecule is CC(CO)N(c1ccc(F)c(Cl)c1)C(C)c1ccccc1. The van der Waals surface area contributed by atoms with Crippen LogP contribution in [0.1, 0.15) is 25.5 Å². The lowest BCUT2D eigenvalue weighted by atomic mass is 10.0. The fraction of sp³-hybridized carbons (Fsp3) is 0.294. The maximum Gasteiger partial charge on any atom is 0.141 e. The molecule has 2 aromatic rings. The molecule has 0 aliphatic heterocycles. The number of nitrogens with zero attached hydrogens (tertiary/aromatic N) is 1. The van der Waals surface area contributed by atoms with Crippen LogP contribution >= 0.6 is 11.6 Å². The van der Waals surface area contributed by atoms with Crippen molar-refractivity contribution in [2.24, 2.45) is 0 Å². The Morgan fingerprint density at radius 1 is 1.14 bits per heavy atom. The molecule has 0 aliphatic rings. The number of hydrogen-bond donors (Lipinski definition) is 1. The van der Waals surface area contributed by atoms with Gasteiger partial charge in [0.2, 0.25) is 0 Å². The number of aliphatic hydroxyl groups is 1. The Labute approximate surface area is 129 Å². The van der Waals surface area contributed by atoms with Crippen molar-refractivity contribution >= 4 is 17.3 Å². The van der Waals surface area contributed by atoms with E-state index in [1.807, 2.05) is 42.2 Å². The largest absolute Gasteiger partial charge is 0.394 e. The Bertz CT molecular complexity index is 591. The molecule has 0 aliphatic carbocycles. The quantitative estimate of drug-likeness (QED) is 0.883. The van der Waals surface area contributed by atoms with E-state index >= 15 is 0 Å². The average Bonchev–Trinajstić information content (AvgIpc) is 2.51. The van der Waals surface area contributed by atoms with Gasteiger partial charge in [0.05, 0.1) is 17.7 Å². The Morgan fingerprint density at radius 2 is 1.81 bits per heavy atom. The lowest BCUT2D eigenvalue weighted by molar-refractivity contribution is 0.261. The number of benzene rings is 2. The minimum Gasteiger partial charge on any atom is -0.394 e. The Kier molecular flexibility index (Phi) is 5.21. The Morgan fingerprint density at radius 3 is 2.38 bits per heavy atom. The van der Waals surface area contributed by atoms with Crippen molar-refractivity contribution in [3.05, 3.63) is 64.9 Å². The summed E-state index contributed by atoms with van der Waals surface area (Å²) in [5.41, 5.74) is 1.91. The molecule has 112 valence electrons. The lowest BCUT2D eigenvalue weighted by Crippen LogP contribution is -2.37. The third kappa shape index (κ3) is 3.55. The molecule has 4 heteroatoms. The van der Waals surface area contributed by atoms with E-state index in [1.54, 1.807) is 12.1 Å². The first kappa shape index (κ1) is 15.8. The molecule has 1 N–H and O–H groups in total. The summed E-state index contributed by atoms with van der Waals surface area (Å²) in [6, 6.07) is 14.6. The van der Waals surface area contributed by atoms with Gasteiger partial charge in [-0.05, 0) is 37.6 Å². The molecule has 2 atom stereocenters. The van der Waals surface area contributed by atoms with Gasteiger partial charge in [0.25, 0.3) is 0 Å². The topological polar surface area (TPSA) is 23.5 Å². The minimum atomic E-state index is -0.440. The van der Waals surface area contributed by atoms with E-state index in [0.717, 1.165) is 11.3 Å². The molecule has 0 spiro atoms. The predicted molar refractivity (Wildman–Crippen MR) is 85.3 cm³/mol. The van der Waals surface area contributed by atoms with Gasteiger partial charge in [0.15, 0.2) is 0 Å². The molecular formula is C17H19ClFNO. The highest BCUT2D eigenvalue weighted by Crippen LogP contribution is 2.31. The molecule has 0 fully saturated rings. The van der Waals surface area contributed by atoms with Gasteiger partial charge in [-0.3, -0.25) is 0 Å². The van der Waals surface area contributed by atoms with Crippen molar-refractivity contribution in [2.45, 2.75) is 25.9 Å². The number of aliphatic hydroxyl groups excluding tert-OH is 1. The maximum absolute atomic E-state index is 13.4. The predicted octanol–water partition coefficient (Wildman–Crippen LogP) is 4.43. The van der Waals surface area contributed by atoms with Crippen molar-refractivity contribution in [1.82, 2.24) is 0 Å². The number of rotatable bonds is 5. The molecule has 0 saturated carbocycles. The maximum atomic E-state index is 13.4. The standard InChI is InChI=1S/C17H19ClFNO/c1-12(11-21)20(13(2)14-6-4-3-5-7-14)15-8-9-17(19)16(18)10-15/h3-10,12-13,21H,11H2,1-2H3. The third-order valence-electron chi connectivity index (χ3n) is 3.64. The molecule has 0 radical (unpaired) electrons. The first-order valence-electron chi connectivity index (χ1n) is 6.93. The molecule has 21 heavy (non-hydrogen) atoms. The van der Waals surface area contributed by atoms with Crippen LogP contribution in [0.2, 0.25) is 5.02 Å². The molecule has 0 heterocycles. The molecule has 0 saturated heterocycles.